The number of benzene rings is 1. The van der Waals surface area contributed by atoms with Gasteiger partial charge < -0.3 is 4.90 Å². The van der Waals surface area contributed by atoms with Gasteiger partial charge in [0.05, 0.1) is 15.5 Å². The van der Waals surface area contributed by atoms with Crippen LogP contribution in [0.4, 0.5) is 0 Å². The van der Waals surface area contributed by atoms with Crippen LogP contribution in [0.2, 0.25) is 5.02 Å². The normalized spacial score (nSPS) is 29.7. The average Bonchev–Trinajstić information content (AvgIpc) is 2.59. The third-order valence-electron chi connectivity index (χ3n) is 5.80. The van der Waals surface area contributed by atoms with Gasteiger partial charge in [-0.05, 0) is 54.7 Å². The number of sulfonamides is 1. The molecule has 0 aromatic heterocycles. The molecule has 2 aliphatic heterocycles. The number of amides is 1. The summed E-state index contributed by atoms with van der Waals surface area (Å²) in [5.74, 6) is 1.32. The summed E-state index contributed by atoms with van der Waals surface area (Å²) >= 11 is 6.31. The predicted molar refractivity (Wildman–Crippen MR) is 112 cm³/mol. The van der Waals surface area contributed by atoms with Crippen LogP contribution in [0.5, 0.6) is 0 Å². The number of carbonyl (C=O) groups excluding carboxylic acids is 1. The van der Waals surface area contributed by atoms with Crippen molar-refractivity contribution < 1.29 is 13.2 Å². The molecule has 1 aromatic carbocycles. The first-order valence-corrected chi connectivity index (χ1v) is 12.0. The molecule has 0 spiro atoms. The van der Waals surface area contributed by atoms with E-state index in [1.165, 1.54) is 18.2 Å². The molecule has 3 rings (SSSR count). The van der Waals surface area contributed by atoms with Crippen LogP contribution in [0.15, 0.2) is 23.1 Å². The van der Waals surface area contributed by atoms with Gasteiger partial charge in [0.2, 0.25) is 10.0 Å². The van der Waals surface area contributed by atoms with Crippen molar-refractivity contribution in [2.75, 3.05) is 26.2 Å². The Morgan fingerprint density at radius 3 is 1.96 bits per heavy atom. The minimum absolute atomic E-state index is 0.152. The number of halogens is 1. The smallest absolute Gasteiger partial charge is 0.255 e. The summed E-state index contributed by atoms with van der Waals surface area (Å²) in [7, 11) is -3.65. The quantitative estimate of drug-likeness (QED) is 0.730. The highest BCUT2D eigenvalue weighted by Crippen LogP contribution is 2.30. The molecule has 0 radical (unpaired) electrons. The number of carbonyl (C=O) groups is 1. The van der Waals surface area contributed by atoms with Gasteiger partial charge in [-0.25, -0.2) is 8.42 Å². The second-order valence-corrected chi connectivity index (χ2v) is 11.4. The monoisotopic (exact) mass is 426 g/mol. The Hall–Kier alpha value is -1.11. The number of rotatable bonds is 3. The van der Waals surface area contributed by atoms with E-state index in [1.807, 2.05) is 4.90 Å². The van der Waals surface area contributed by atoms with E-state index in [-0.39, 0.29) is 16.4 Å². The molecule has 0 saturated carbocycles. The topological polar surface area (TPSA) is 57.7 Å². The Kier molecular flexibility index (Phi) is 6.42. The first kappa shape index (κ1) is 21.6. The zero-order valence-corrected chi connectivity index (χ0v) is 18.8. The minimum Gasteiger partial charge on any atom is -0.338 e. The molecule has 0 aliphatic carbocycles. The maximum Gasteiger partial charge on any atom is 0.255 e. The van der Waals surface area contributed by atoms with Crippen LogP contribution in [0.3, 0.4) is 0 Å². The van der Waals surface area contributed by atoms with E-state index in [9.17, 15) is 13.2 Å². The van der Waals surface area contributed by atoms with E-state index in [2.05, 4.69) is 27.7 Å². The van der Waals surface area contributed by atoms with Gasteiger partial charge in [0.25, 0.3) is 5.91 Å². The number of hydrogen-bond donors (Lipinski definition) is 0. The Morgan fingerprint density at radius 1 is 0.929 bits per heavy atom. The van der Waals surface area contributed by atoms with E-state index >= 15 is 0 Å². The fraction of sp³-hybridized carbons (Fsp3) is 0.667. The Labute approximate surface area is 174 Å². The largest absolute Gasteiger partial charge is 0.338 e. The molecule has 1 aromatic rings. The van der Waals surface area contributed by atoms with Crippen molar-refractivity contribution >= 4 is 27.5 Å². The average molecular weight is 427 g/mol. The predicted octanol–water partition coefficient (Wildman–Crippen LogP) is 4.12. The third kappa shape index (κ3) is 4.55. The molecular weight excluding hydrogens is 396 g/mol. The van der Waals surface area contributed by atoms with Crippen LogP contribution >= 0.6 is 11.6 Å². The Bertz CT molecular complexity index is 822. The Morgan fingerprint density at radius 2 is 1.43 bits per heavy atom. The minimum atomic E-state index is -3.65. The zero-order chi connectivity index (χ0) is 20.6. The summed E-state index contributed by atoms with van der Waals surface area (Å²) in [5.41, 5.74) is 0.280. The molecular formula is C21H31ClN2O3S. The molecule has 0 N–H and O–H groups in total. The molecule has 7 heteroatoms. The molecule has 28 heavy (non-hydrogen) atoms. The van der Waals surface area contributed by atoms with Crippen LogP contribution in [0.25, 0.3) is 0 Å². The maximum absolute atomic E-state index is 13.2. The van der Waals surface area contributed by atoms with Crippen LogP contribution < -0.4 is 0 Å². The standard InChI is InChI=1S/C21H31ClN2O3S/c1-14-7-15(2)11-23(10-14)21(25)19-9-18(5-6-20(19)22)28(26,27)24-12-16(3)8-17(4)13-24/h5-6,9,14-17H,7-8,10-13H2,1-4H3/t14-,15+,16-,17+. The summed E-state index contributed by atoms with van der Waals surface area (Å²) in [5, 5.41) is 0.301. The number of likely N-dealkylation sites (tertiary alicyclic amines) is 1. The van der Waals surface area contributed by atoms with Gasteiger partial charge in [0.15, 0.2) is 0 Å². The van der Waals surface area contributed by atoms with Crippen molar-refractivity contribution in [3.63, 3.8) is 0 Å². The molecule has 2 aliphatic rings. The van der Waals surface area contributed by atoms with Crippen molar-refractivity contribution in [3.8, 4) is 0 Å². The molecule has 4 atom stereocenters. The van der Waals surface area contributed by atoms with Gasteiger partial charge in [-0.3, -0.25) is 4.79 Å². The highest BCUT2D eigenvalue weighted by atomic mass is 35.5. The lowest BCUT2D eigenvalue weighted by atomic mass is 9.91. The maximum atomic E-state index is 13.2. The van der Waals surface area contributed by atoms with E-state index in [0.29, 0.717) is 54.9 Å². The fourth-order valence-electron chi connectivity index (χ4n) is 4.78. The van der Waals surface area contributed by atoms with Crippen molar-refractivity contribution in [2.45, 2.75) is 45.4 Å². The molecule has 2 fully saturated rings. The highest BCUT2D eigenvalue weighted by molar-refractivity contribution is 7.89. The van der Waals surface area contributed by atoms with Gasteiger partial charge in [-0.15, -0.1) is 0 Å². The summed E-state index contributed by atoms with van der Waals surface area (Å²) in [6, 6.07) is 4.52. The van der Waals surface area contributed by atoms with E-state index in [0.717, 1.165) is 12.8 Å². The molecule has 0 bridgehead atoms. The fourth-order valence-corrected chi connectivity index (χ4v) is 6.68. The molecule has 2 saturated heterocycles. The van der Waals surface area contributed by atoms with Crippen LogP contribution in [-0.4, -0.2) is 49.7 Å². The summed E-state index contributed by atoms with van der Waals surface area (Å²) < 4.78 is 28.0. The van der Waals surface area contributed by atoms with E-state index < -0.39 is 10.0 Å². The van der Waals surface area contributed by atoms with Crippen molar-refractivity contribution in [3.05, 3.63) is 28.8 Å². The lowest BCUT2D eigenvalue weighted by Crippen LogP contribution is -2.43. The van der Waals surface area contributed by atoms with Gasteiger partial charge in [0, 0.05) is 26.2 Å². The lowest BCUT2D eigenvalue weighted by molar-refractivity contribution is 0.0623. The van der Waals surface area contributed by atoms with Crippen LogP contribution in [-0.2, 0) is 10.0 Å². The zero-order valence-electron chi connectivity index (χ0n) is 17.2. The number of piperidine rings is 2. The number of nitrogens with zero attached hydrogens (tertiary/aromatic N) is 2. The summed E-state index contributed by atoms with van der Waals surface area (Å²) in [4.78, 5) is 15.1. The molecule has 1 amide bonds. The van der Waals surface area contributed by atoms with Gasteiger partial charge >= 0.3 is 0 Å². The molecule has 0 unspecified atom stereocenters. The van der Waals surface area contributed by atoms with Crippen molar-refractivity contribution in [1.29, 1.82) is 0 Å². The van der Waals surface area contributed by atoms with E-state index in [4.69, 9.17) is 11.6 Å². The molecule has 5 nitrogen and oxygen atoms in total. The van der Waals surface area contributed by atoms with Crippen LogP contribution in [0.1, 0.15) is 50.9 Å². The van der Waals surface area contributed by atoms with Gasteiger partial charge in [-0.2, -0.15) is 4.31 Å². The van der Waals surface area contributed by atoms with Crippen molar-refractivity contribution in [2.24, 2.45) is 23.7 Å². The van der Waals surface area contributed by atoms with Crippen LogP contribution in [0, 0.1) is 23.7 Å². The van der Waals surface area contributed by atoms with E-state index in [1.54, 1.807) is 4.31 Å². The lowest BCUT2D eigenvalue weighted by Gasteiger charge is -2.35. The number of hydrogen-bond acceptors (Lipinski definition) is 3. The van der Waals surface area contributed by atoms with Gasteiger partial charge in [0.1, 0.15) is 0 Å². The second kappa shape index (κ2) is 8.33. The van der Waals surface area contributed by atoms with Gasteiger partial charge in [-0.1, -0.05) is 39.3 Å². The molecule has 2 heterocycles. The SMILES string of the molecule is C[C@@H]1C[C@H](C)CN(C(=O)c2cc(S(=O)(=O)N3C[C@H](C)C[C@H](C)C3)ccc2Cl)C1. The van der Waals surface area contributed by atoms with Crippen molar-refractivity contribution in [1.82, 2.24) is 9.21 Å². The Balaban J connectivity index is 1.89. The summed E-state index contributed by atoms with van der Waals surface area (Å²) in [6.45, 7) is 10.8. The third-order valence-corrected chi connectivity index (χ3v) is 7.95. The first-order valence-electron chi connectivity index (χ1n) is 10.2. The summed E-state index contributed by atoms with van der Waals surface area (Å²) in [6.07, 6.45) is 2.12. The first-order chi connectivity index (χ1) is 13.1. The molecule has 156 valence electrons. The second-order valence-electron chi connectivity index (χ2n) is 9.07. The highest BCUT2D eigenvalue weighted by Gasteiger charge is 2.33.